The molecule has 0 saturated carbocycles. The van der Waals surface area contributed by atoms with E-state index in [0.29, 0.717) is 36.4 Å². The van der Waals surface area contributed by atoms with E-state index < -0.39 is 110 Å². The van der Waals surface area contributed by atoms with Gasteiger partial charge in [0.2, 0.25) is 0 Å². The van der Waals surface area contributed by atoms with Crippen LogP contribution in [0.2, 0.25) is 0 Å². The predicted molar refractivity (Wildman–Crippen MR) is 226 cm³/mol. The zero-order chi connectivity index (χ0) is 53.5. The Hall–Kier alpha value is -9.18. The molecule has 0 aliphatic rings. The number of hydrogen-bond donors (Lipinski definition) is 5. The molecule has 7 rings (SSSR count). The van der Waals surface area contributed by atoms with Crippen LogP contribution < -0.4 is 16.0 Å². The minimum absolute atomic E-state index is 0.112. The molecule has 17 nitrogen and oxygen atoms in total. The number of carboxylic acid groups (broad SMARTS) is 2. The lowest BCUT2D eigenvalue weighted by Crippen LogP contribution is -2.22. The first kappa shape index (κ1) is 51.7. The molecule has 3 heterocycles. The Balaban J connectivity index is 1.19. The van der Waals surface area contributed by atoms with Gasteiger partial charge in [0.1, 0.15) is 11.4 Å². The number of carboxylic acids is 2. The summed E-state index contributed by atoms with van der Waals surface area (Å²) in [5.74, 6) is -7.66. The van der Waals surface area contributed by atoms with Crippen LogP contribution in [0.1, 0.15) is 81.0 Å². The number of halogens is 12. The summed E-state index contributed by atoms with van der Waals surface area (Å²) in [5.41, 5.74) is -14.0. The second kappa shape index (κ2) is 19.2. The molecule has 3 amide bonds. The molecular formula is C44H26F12N10O7. The Morgan fingerprint density at radius 3 is 1.18 bits per heavy atom. The fourth-order valence-corrected chi connectivity index (χ4v) is 6.90. The molecule has 0 spiro atoms. The molecule has 5 N–H and O–H groups in total. The number of hydrogen-bond acceptors (Lipinski definition) is 10. The molecule has 0 bridgehead atoms. The normalized spacial score (nSPS) is 12.1. The largest absolute Gasteiger partial charge is 0.478 e. The summed E-state index contributed by atoms with van der Waals surface area (Å²) in [4.78, 5) is 66.2. The van der Waals surface area contributed by atoms with Gasteiger partial charge in [-0.15, -0.1) is 10.2 Å². The van der Waals surface area contributed by atoms with E-state index in [-0.39, 0.29) is 58.4 Å². The zero-order valence-electron chi connectivity index (χ0n) is 36.0. The van der Waals surface area contributed by atoms with E-state index in [2.05, 4.69) is 30.9 Å². The number of aromatic nitrogens is 7. The molecule has 0 aliphatic carbocycles. The van der Waals surface area contributed by atoms with Crippen molar-refractivity contribution in [2.24, 2.45) is 0 Å². The second-order valence-corrected chi connectivity index (χ2v) is 15.1. The van der Waals surface area contributed by atoms with Crippen LogP contribution in [0.4, 0.5) is 64.1 Å². The summed E-state index contributed by atoms with van der Waals surface area (Å²) >= 11 is 0. The lowest BCUT2D eigenvalue weighted by Gasteiger charge is -2.16. The van der Waals surface area contributed by atoms with Gasteiger partial charge in [-0.05, 0) is 91.9 Å². The maximum absolute atomic E-state index is 14.4. The molecule has 3 aromatic heterocycles. The van der Waals surface area contributed by atoms with Gasteiger partial charge in [-0.3, -0.25) is 14.4 Å². The molecule has 378 valence electrons. The van der Waals surface area contributed by atoms with Crippen LogP contribution >= 0.6 is 0 Å². The van der Waals surface area contributed by atoms with Crippen molar-refractivity contribution < 1.29 is 86.9 Å². The van der Waals surface area contributed by atoms with E-state index in [1.54, 1.807) is 6.92 Å². The molecule has 0 unspecified atom stereocenters. The van der Waals surface area contributed by atoms with Crippen molar-refractivity contribution in [3.05, 3.63) is 147 Å². The molecule has 29 heteroatoms. The van der Waals surface area contributed by atoms with Gasteiger partial charge in [0.15, 0.2) is 0 Å². The lowest BCUT2D eigenvalue weighted by atomic mass is 10.0. The second-order valence-electron chi connectivity index (χ2n) is 15.1. The summed E-state index contributed by atoms with van der Waals surface area (Å²) in [6.07, 6.45) is -18.8. The fourth-order valence-electron chi connectivity index (χ4n) is 6.90. The maximum Gasteiger partial charge on any atom is 0.417 e. The van der Waals surface area contributed by atoms with Crippen LogP contribution in [0.3, 0.4) is 0 Å². The van der Waals surface area contributed by atoms with Crippen LogP contribution in [0.15, 0.2) is 97.3 Å². The van der Waals surface area contributed by atoms with Crippen molar-refractivity contribution in [1.82, 2.24) is 40.3 Å². The van der Waals surface area contributed by atoms with E-state index >= 15 is 0 Å². The van der Waals surface area contributed by atoms with Crippen LogP contribution in [-0.4, -0.2) is 81.4 Å². The summed E-state index contributed by atoms with van der Waals surface area (Å²) in [6, 6.07) is 9.59. The highest BCUT2D eigenvalue weighted by molar-refractivity contribution is 6.07. The summed E-state index contributed by atoms with van der Waals surface area (Å²) < 4.78 is 170. The van der Waals surface area contributed by atoms with E-state index in [9.17, 15) is 76.7 Å². The predicted octanol–water partition coefficient (Wildman–Crippen LogP) is 9.30. The van der Waals surface area contributed by atoms with Crippen LogP contribution in [0, 0.1) is 0 Å². The third-order valence-electron chi connectivity index (χ3n) is 10.2. The van der Waals surface area contributed by atoms with Crippen molar-refractivity contribution in [2.75, 3.05) is 17.2 Å². The number of pyridine rings is 1. The van der Waals surface area contributed by atoms with E-state index in [1.807, 2.05) is 10.6 Å². The van der Waals surface area contributed by atoms with Crippen molar-refractivity contribution in [2.45, 2.75) is 31.6 Å². The van der Waals surface area contributed by atoms with Crippen LogP contribution in [0.5, 0.6) is 0 Å². The molecule has 7 aromatic rings. The number of nitrogens with one attached hydrogen (secondary N) is 3. The molecule has 0 radical (unpaired) electrons. The zero-order valence-corrected chi connectivity index (χ0v) is 36.0. The van der Waals surface area contributed by atoms with Gasteiger partial charge in [0.25, 0.3) is 17.7 Å². The number of rotatable bonds is 12. The first-order valence-electron chi connectivity index (χ1n) is 20.1. The smallest absolute Gasteiger partial charge is 0.417 e. The monoisotopic (exact) mass is 1030 g/mol. The SMILES string of the molecule is CCNC(=O)c1cc(-c2cn(-c3ccc(C(=O)Nc4ccc(C(=O)O)c(C(F)(F)F)c4)c(C(F)(F)F)c3)nn2)nc(-c2cn(-c3ccc(C(=O)Nc4ccc(C(=O)O)c(C(F)(F)F)c4)c(C(F)(F)F)c3)nn2)c1. The van der Waals surface area contributed by atoms with Crippen molar-refractivity contribution >= 4 is 41.0 Å². The van der Waals surface area contributed by atoms with Crippen molar-refractivity contribution in [3.8, 4) is 34.2 Å². The molecule has 0 aliphatic heterocycles. The minimum atomic E-state index is -5.26. The van der Waals surface area contributed by atoms with E-state index in [1.165, 1.54) is 12.1 Å². The molecule has 0 atom stereocenters. The molecular weight excluding hydrogens is 1010 g/mol. The number of amides is 3. The molecule has 73 heavy (non-hydrogen) atoms. The summed E-state index contributed by atoms with van der Waals surface area (Å²) in [7, 11) is 0. The van der Waals surface area contributed by atoms with Gasteiger partial charge >= 0.3 is 36.6 Å². The third-order valence-corrected chi connectivity index (χ3v) is 10.2. The molecule has 0 fully saturated rings. The number of nitrogens with zero attached hydrogens (tertiary/aromatic N) is 7. The van der Waals surface area contributed by atoms with Gasteiger partial charge in [-0.1, -0.05) is 10.4 Å². The Morgan fingerprint density at radius 1 is 0.479 bits per heavy atom. The highest BCUT2D eigenvalue weighted by atomic mass is 19.4. The maximum atomic E-state index is 14.4. The minimum Gasteiger partial charge on any atom is -0.478 e. The summed E-state index contributed by atoms with van der Waals surface area (Å²) in [5, 5.41) is 40.1. The number of carbonyl (C=O) groups excluding carboxylic acids is 3. The Labute approximate surface area is 398 Å². The number of alkyl halides is 12. The average molecular weight is 1030 g/mol. The van der Waals surface area contributed by atoms with Gasteiger partial charge in [-0.2, -0.15) is 52.7 Å². The van der Waals surface area contributed by atoms with E-state index in [0.717, 1.165) is 46.0 Å². The Kier molecular flexibility index (Phi) is 13.6. The Bertz CT molecular complexity index is 3160. The van der Waals surface area contributed by atoms with Crippen LogP contribution in [0.25, 0.3) is 34.2 Å². The quantitative estimate of drug-likeness (QED) is 0.0720. The Morgan fingerprint density at radius 2 is 0.836 bits per heavy atom. The lowest BCUT2D eigenvalue weighted by molar-refractivity contribution is -0.138. The molecule has 0 saturated heterocycles. The number of benzene rings is 4. The first-order valence-corrected chi connectivity index (χ1v) is 20.1. The van der Waals surface area contributed by atoms with Gasteiger partial charge in [0, 0.05) is 23.5 Å². The van der Waals surface area contributed by atoms with Gasteiger partial charge in [0.05, 0.1) is 79.7 Å². The number of anilines is 2. The first-order chi connectivity index (χ1) is 34.0. The van der Waals surface area contributed by atoms with Crippen molar-refractivity contribution in [1.29, 1.82) is 0 Å². The van der Waals surface area contributed by atoms with Crippen LogP contribution in [-0.2, 0) is 24.7 Å². The topological polar surface area (TPSA) is 236 Å². The number of carbonyl (C=O) groups is 5. The third kappa shape index (κ3) is 11.2. The van der Waals surface area contributed by atoms with Gasteiger partial charge in [-0.25, -0.2) is 23.9 Å². The highest BCUT2D eigenvalue weighted by Crippen LogP contribution is 2.39. The van der Waals surface area contributed by atoms with Gasteiger partial charge < -0.3 is 26.2 Å². The highest BCUT2D eigenvalue weighted by Gasteiger charge is 2.40. The number of aromatic carboxylic acids is 2. The average Bonchev–Trinajstić information content (AvgIpc) is 4.02. The summed E-state index contributed by atoms with van der Waals surface area (Å²) in [6.45, 7) is 1.69. The van der Waals surface area contributed by atoms with Crippen molar-refractivity contribution in [3.63, 3.8) is 0 Å². The van der Waals surface area contributed by atoms with E-state index in [4.69, 9.17) is 10.2 Å². The standard InChI is InChI=1S/C44H26F12N10O7/c1-2-57-36(67)19-11-32(34-17-65(63-61-34)22-5-9-24(30(15-22)43(51,52)53)37(68)58-20-3-7-26(39(70)71)28(13-20)41(45,46)47)60-33(12-19)35-18-66(64-62-35)23-6-10-25(31(16-23)44(54,55)56)38(69)59-21-4-8-27(40(72)73)29(14-21)42(48,49)50/h3-18H,2H2,1H3,(H,57,67)(H,58,68)(H,59,69)(H,70,71)(H,72,73). The molecule has 4 aromatic carbocycles. The fraction of sp³-hybridized carbons (Fsp3) is 0.136.